The van der Waals surface area contributed by atoms with Gasteiger partial charge in [-0.1, -0.05) is 20.3 Å². The van der Waals surface area contributed by atoms with E-state index in [0.29, 0.717) is 13.1 Å². The largest absolute Gasteiger partial charge is 0.317 e. The third-order valence-electron chi connectivity index (χ3n) is 3.63. The Labute approximate surface area is 124 Å². The molecule has 0 aromatic carbocycles. The first-order valence-electron chi connectivity index (χ1n) is 7.97. The molecule has 0 spiro atoms. The van der Waals surface area contributed by atoms with Crippen LogP contribution in [0.25, 0.3) is 0 Å². The Morgan fingerprint density at radius 1 is 1.05 bits per heavy atom. The lowest BCUT2D eigenvalue weighted by molar-refractivity contribution is 0.345. The number of hydrogen-bond acceptors (Lipinski definition) is 3. The zero-order chi connectivity index (χ0) is 15.0. The molecule has 1 N–H and O–H groups in total. The van der Waals surface area contributed by atoms with Gasteiger partial charge in [-0.3, -0.25) is 0 Å². The van der Waals surface area contributed by atoms with Crippen molar-refractivity contribution in [2.24, 2.45) is 0 Å². The smallest absolute Gasteiger partial charge is 0.281 e. The minimum atomic E-state index is -3.26. The Balaban J connectivity index is 2.43. The fourth-order valence-corrected chi connectivity index (χ4v) is 3.85. The van der Waals surface area contributed by atoms with Crippen molar-refractivity contribution in [1.29, 1.82) is 0 Å². The molecule has 1 aliphatic rings. The molecule has 1 aliphatic carbocycles. The van der Waals surface area contributed by atoms with Gasteiger partial charge in [0.1, 0.15) is 0 Å². The van der Waals surface area contributed by atoms with E-state index in [1.54, 1.807) is 11.4 Å². The van der Waals surface area contributed by atoms with E-state index in [9.17, 15) is 8.42 Å². The molecule has 0 saturated heterocycles. The molecule has 1 fully saturated rings. The average Bonchev–Trinajstić information content (AvgIpc) is 3.23. The van der Waals surface area contributed by atoms with Crippen molar-refractivity contribution in [2.45, 2.75) is 58.4 Å². The van der Waals surface area contributed by atoms with Crippen LogP contribution in [0.3, 0.4) is 0 Å². The predicted molar refractivity (Wildman–Crippen MR) is 84.0 cm³/mol. The molecule has 1 saturated carbocycles. The van der Waals surface area contributed by atoms with E-state index in [0.717, 1.165) is 51.6 Å². The Morgan fingerprint density at radius 2 is 1.75 bits per heavy atom. The number of unbranched alkanes of at least 4 members (excludes halogenated alkanes) is 1. The van der Waals surface area contributed by atoms with Gasteiger partial charge in [-0.2, -0.15) is 17.0 Å². The molecule has 120 valence electrons. The molecule has 0 bridgehead atoms. The first-order valence-corrected chi connectivity index (χ1v) is 9.37. The number of nitrogens with one attached hydrogen (secondary N) is 1. The van der Waals surface area contributed by atoms with Crippen LogP contribution in [0.4, 0.5) is 0 Å². The molecule has 0 unspecified atom stereocenters. The van der Waals surface area contributed by atoms with Crippen molar-refractivity contribution in [3.63, 3.8) is 0 Å². The normalized spacial score (nSPS) is 16.2. The Bertz CT molecular complexity index is 355. The van der Waals surface area contributed by atoms with Crippen LogP contribution in [0.1, 0.15) is 52.4 Å². The molecule has 1 rings (SSSR count). The lowest BCUT2D eigenvalue weighted by Crippen LogP contribution is -2.44. The van der Waals surface area contributed by atoms with Crippen molar-refractivity contribution in [1.82, 2.24) is 13.9 Å². The van der Waals surface area contributed by atoms with Gasteiger partial charge in [-0.15, -0.1) is 0 Å². The fraction of sp³-hybridized carbons (Fsp3) is 1.00. The van der Waals surface area contributed by atoms with Crippen LogP contribution in [0, 0.1) is 0 Å². The summed E-state index contributed by atoms with van der Waals surface area (Å²) < 4.78 is 28.4. The average molecular weight is 305 g/mol. The fourth-order valence-electron chi connectivity index (χ4n) is 2.19. The van der Waals surface area contributed by atoms with Gasteiger partial charge in [-0.25, -0.2) is 0 Å². The number of rotatable bonds is 12. The minimum absolute atomic E-state index is 0.257. The maximum Gasteiger partial charge on any atom is 0.281 e. The van der Waals surface area contributed by atoms with Gasteiger partial charge in [0.15, 0.2) is 0 Å². The first-order chi connectivity index (χ1) is 9.54. The third kappa shape index (κ3) is 5.68. The van der Waals surface area contributed by atoms with E-state index in [2.05, 4.69) is 19.2 Å². The van der Waals surface area contributed by atoms with Crippen LogP contribution < -0.4 is 5.32 Å². The van der Waals surface area contributed by atoms with Crippen LogP contribution >= 0.6 is 0 Å². The van der Waals surface area contributed by atoms with E-state index < -0.39 is 10.2 Å². The minimum Gasteiger partial charge on any atom is -0.317 e. The third-order valence-corrected chi connectivity index (χ3v) is 5.67. The Kier molecular flexibility index (Phi) is 8.02. The molecule has 5 nitrogen and oxygen atoms in total. The molecule has 0 atom stereocenters. The highest BCUT2D eigenvalue weighted by atomic mass is 32.2. The molecule has 0 radical (unpaired) electrons. The maximum atomic E-state index is 12.6. The quantitative estimate of drug-likeness (QED) is 0.560. The molecule has 0 aromatic rings. The topological polar surface area (TPSA) is 52.7 Å². The van der Waals surface area contributed by atoms with Crippen LogP contribution in [-0.4, -0.2) is 56.3 Å². The zero-order valence-corrected chi connectivity index (χ0v) is 14.1. The van der Waals surface area contributed by atoms with Gasteiger partial charge in [0, 0.05) is 26.2 Å². The van der Waals surface area contributed by atoms with Gasteiger partial charge in [-0.05, 0) is 45.2 Å². The van der Waals surface area contributed by atoms with Crippen molar-refractivity contribution < 1.29 is 8.42 Å². The Hall–Kier alpha value is -0.170. The van der Waals surface area contributed by atoms with Gasteiger partial charge < -0.3 is 5.32 Å². The summed E-state index contributed by atoms with van der Waals surface area (Å²) in [5, 5.41) is 3.31. The van der Waals surface area contributed by atoms with Gasteiger partial charge in [0.2, 0.25) is 0 Å². The van der Waals surface area contributed by atoms with Gasteiger partial charge >= 0.3 is 0 Å². The summed E-state index contributed by atoms with van der Waals surface area (Å²) in [6.45, 7) is 7.37. The zero-order valence-electron chi connectivity index (χ0n) is 13.3. The summed E-state index contributed by atoms with van der Waals surface area (Å²) in [6.07, 6.45) is 6.00. The molecule has 0 aromatic heterocycles. The van der Waals surface area contributed by atoms with Gasteiger partial charge in [0.05, 0.1) is 0 Å². The lowest BCUT2D eigenvalue weighted by Gasteiger charge is -2.27. The monoisotopic (exact) mass is 305 g/mol. The molecule has 0 aliphatic heterocycles. The van der Waals surface area contributed by atoms with Crippen LogP contribution in [0.2, 0.25) is 0 Å². The first kappa shape index (κ1) is 17.9. The molecule has 0 heterocycles. The molecular weight excluding hydrogens is 274 g/mol. The number of nitrogens with zero attached hydrogens (tertiary/aromatic N) is 2. The Morgan fingerprint density at radius 3 is 2.30 bits per heavy atom. The molecular formula is C14H31N3O2S. The van der Waals surface area contributed by atoms with Crippen molar-refractivity contribution >= 4 is 10.2 Å². The van der Waals surface area contributed by atoms with E-state index in [1.807, 2.05) is 0 Å². The van der Waals surface area contributed by atoms with Crippen molar-refractivity contribution in [3.05, 3.63) is 0 Å². The van der Waals surface area contributed by atoms with Crippen molar-refractivity contribution in [3.8, 4) is 0 Å². The summed E-state index contributed by atoms with van der Waals surface area (Å²) >= 11 is 0. The van der Waals surface area contributed by atoms with E-state index in [1.165, 1.54) is 4.31 Å². The summed E-state index contributed by atoms with van der Waals surface area (Å²) in [5.74, 6) is 0. The second-order valence-electron chi connectivity index (χ2n) is 5.63. The summed E-state index contributed by atoms with van der Waals surface area (Å²) in [7, 11) is -1.56. The molecule has 0 amide bonds. The highest BCUT2D eigenvalue weighted by Gasteiger charge is 2.38. The van der Waals surface area contributed by atoms with Crippen LogP contribution in [0.15, 0.2) is 0 Å². The number of hydrogen-bond donors (Lipinski definition) is 1. The van der Waals surface area contributed by atoms with Crippen LogP contribution in [-0.2, 0) is 10.2 Å². The molecule has 20 heavy (non-hydrogen) atoms. The van der Waals surface area contributed by atoms with E-state index in [-0.39, 0.29) is 6.04 Å². The van der Waals surface area contributed by atoms with Gasteiger partial charge in [0.25, 0.3) is 10.2 Å². The highest BCUT2D eigenvalue weighted by Crippen LogP contribution is 2.30. The predicted octanol–water partition coefficient (Wildman–Crippen LogP) is 1.82. The summed E-state index contributed by atoms with van der Waals surface area (Å²) in [6, 6.07) is 0.257. The highest BCUT2D eigenvalue weighted by molar-refractivity contribution is 7.86. The van der Waals surface area contributed by atoms with E-state index >= 15 is 0 Å². The summed E-state index contributed by atoms with van der Waals surface area (Å²) in [5.41, 5.74) is 0. The summed E-state index contributed by atoms with van der Waals surface area (Å²) in [4.78, 5) is 0. The molecule has 6 heteroatoms. The standard InChI is InChI=1S/C14H31N3O2S/c1-4-6-13-17(14-8-9-14)20(18,19)16(3)12-7-11-15-10-5-2/h14-15H,4-13H2,1-3H3. The maximum absolute atomic E-state index is 12.6. The second kappa shape index (κ2) is 8.97. The van der Waals surface area contributed by atoms with Crippen LogP contribution in [0.5, 0.6) is 0 Å². The van der Waals surface area contributed by atoms with Crippen molar-refractivity contribution in [2.75, 3.05) is 33.2 Å². The lowest BCUT2D eigenvalue weighted by atomic mass is 10.3. The SMILES string of the molecule is CCCCN(C1CC1)S(=O)(=O)N(C)CCCNCCC. The van der Waals surface area contributed by atoms with E-state index in [4.69, 9.17) is 0 Å². The second-order valence-corrected chi connectivity index (χ2v) is 7.62.